The van der Waals surface area contributed by atoms with Crippen LogP contribution in [0.1, 0.15) is 79.3 Å². The van der Waals surface area contributed by atoms with Crippen LogP contribution in [0.3, 0.4) is 0 Å². The molecule has 1 aromatic heterocycles. The van der Waals surface area contributed by atoms with E-state index in [1.807, 2.05) is 6.07 Å². The van der Waals surface area contributed by atoms with Crippen molar-refractivity contribution in [2.24, 2.45) is 5.92 Å². The number of carboxylic acid groups (broad SMARTS) is 1. The topological polar surface area (TPSA) is 48.7 Å². The highest BCUT2D eigenvalue weighted by atomic mass is 16.4. The fourth-order valence-corrected chi connectivity index (χ4v) is 7.27. The van der Waals surface area contributed by atoms with Gasteiger partial charge in [0.1, 0.15) is 0 Å². The second-order valence-corrected chi connectivity index (χ2v) is 11.8. The lowest BCUT2D eigenvalue weighted by Gasteiger charge is -2.33. The number of hydrogen-bond acceptors (Lipinski definition) is 3. The Morgan fingerprint density at radius 3 is 2.57 bits per heavy atom. The third kappa shape index (κ3) is 4.67. The SMILES string of the molecule is Cc1ccc2c(c1)N(CCN1CCCC(C)C1)CCn1c-2c(C2CCCCC2)c2ccc(C(=O)O)cc21. The van der Waals surface area contributed by atoms with E-state index < -0.39 is 5.97 Å². The molecule has 2 aromatic carbocycles. The maximum atomic E-state index is 11.9. The summed E-state index contributed by atoms with van der Waals surface area (Å²) in [6.45, 7) is 11.0. The number of anilines is 1. The predicted octanol–water partition coefficient (Wildman–Crippen LogP) is 6.91. The molecule has 0 amide bonds. The van der Waals surface area contributed by atoms with Gasteiger partial charge in [0, 0.05) is 54.9 Å². The Morgan fingerprint density at radius 2 is 1.78 bits per heavy atom. The van der Waals surface area contributed by atoms with Gasteiger partial charge >= 0.3 is 5.97 Å². The maximum Gasteiger partial charge on any atom is 0.335 e. The number of aromatic carboxylic acids is 1. The van der Waals surface area contributed by atoms with Gasteiger partial charge < -0.3 is 19.5 Å². The van der Waals surface area contributed by atoms with Crippen molar-refractivity contribution in [2.45, 2.75) is 71.3 Å². The summed E-state index contributed by atoms with van der Waals surface area (Å²) in [5.74, 6) is 0.485. The lowest BCUT2D eigenvalue weighted by Crippen LogP contribution is -2.41. The van der Waals surface area contributed by atoms with Gasteiger partial charge in [0.25, 0.3) is 0 Å². The molecule has 2 aliphatic heterocycles. The Labute approximate surface area is 221 Å². The Hall–Kier alpha value is -2.79. The minimum atomic E-state index is -0.848. The number of carbonyl (C=O) groups is 1. The number of aromatic nitrogens is 1. The molecular formula is C32H41N3O2. The Kier molecular flexibility index (Phi) is 6.74. The Morgan fingerprint density at radius 1 is 0.946 bits per heavy atom. The van der Waals surface area contributed by atoms with Crippen LogP contribution in [0, 0.1) is 12.8 Å². The van der Waals surface area contributed by atoms with Crippen LogP contribution < -0.4 is 4.90 Å². The number of piperidine rings is 1. The molecule has 37 heavy (non-hydrogen) atoms. The zero-order valence-corrected chi connectivity index (χ0v) is 22.5. The summed E-state index contributed by atoms with van der Waals surface area (Å²) < 4.78 is 2.46. The van der Waals surface area contributed by atoms with Crippen molar-refractivity contribution in [3.05, 3.63) is 53.1 Å². The summed E-state index contributed by atoms with van der Waals surface area (Å²) in [6.07, 6.45) is 9.01. The van der Waals surface area contributed by atoms with E-state index in [2.05, 4.69) is 52.5 Å². The molecule has 1 atom stereocenters. The molecule has 0 spiro atoms. The highest BCUT2D eigenvalue weighted by Gasteiger charge is 2.31. The van der Waals surface area contributed by atoms with Gasteiger partial charge in [-0.2, -0.15) is 0 Å². The van der Waals surface area contributed by atoms with Crippen molar-refractivity contribution in [1.82, 2.24) is 9.47 Å². The molecule has 5 nitrogen and oxygen atoms in total. The van der Waals surface area contributed by atoms with Crippen molar-refractivity contribution >= 4 is 22.6 Å². The molecule has 1 aliphatic carbocycles. The minimum absolute atomic E-state index is 0.382. The predicted molar refractivity (Wildman–Crippen MR) is 152 cm³/mol. The Balaban J connectivity index is 1.46. The fourth-order valence-electron chi connectivity index (χ4n) is 7.27. The minimum Gasteiger partial charge on any atom is -0.478 e. The number of hydrogen-bond donors (Lipinski definition) is 1. The van der Waals surface area contributed by atoms with Crippen LogP contribution in [0.25, 0.3) is 22.2 Å². The van der Waals surface area contributed by atoms with Gasteiger partial charge in [-0.05, 0) is 80.3 Å². The van der Waals surface area contributed by atoms with Crippen molar-refractivity contribution in [2.75, 3.05) is 37.6 Å². The standard InChI is InChI=1S/C32H41N3O2/c1-22-10-12-27-28(19-22)34(16-15-33-14-6-7-23(2)21-33)17-18-35-29-20-25(32(36)37)11-13-26(29)30(31(27)35)24-8-4-3-5-9-24/h10-13,19-20,23-24H,3-9,14-18,21H2,1-2H3,(H,36,37). The van der Waals surface area contributed by atoms with Gasteiger partial charge in [0.2, 0.25) is 0 Å². The maximum absolute atomic E-state index is 11.9. The van der Waals surface area contributed by atoms with E-state index in [9.17, 15) is 9.90 Å². The number of carboxylic acids is 1. The molecule has 3 aromatic rings. The average Bonchev–Trinajstić information content (AvgIpc) is 3.13. The quantitative estimate of drug-likeness (QED) is 0.414. The summed E-state index contributed by atoms with van der Waals surface area (Å²) in [5.41, 5.74) is 8.25. The highest BCUT2D eigenvalue weighted by molar-refractivity contribution is 5.99. The first-order chi connectivity index (χ1) is 18.0. The molecule has 3 aliphatic rings. The van der Waals surface area contributed by atoms with Gasteiger partial charge in [0.15, 0.2) is 0 Å². The number of aryl methyl sites for hydroxylation is 1. The number of nitrogens with zero attached hydrogens (tertiary/aromatic N) is 3. The van der Waals surface area contributed by atoms with Gasteiger partial charge in [-0.15, -0.1) is 0 Å². The summed E-state index contributed by atoms with van der Waals surface area (Å²) >= 11 is 0. The largest absolute Gasteiger partial charge is 0.478 e. The van der Waals surface area contributed by atoms with Gasteiger partial charge in [-0.1, -0.05) is 44.4 Å². The molecule has 6 rings (SSSR count). The lowest BCUT2D eigenvalue weighted by molar-refractivity contribution is 0.0697. The van der Waals surface area contributed by atoms with Gasteiger partial charge in [-0.3, -0.25) is 0 Å². The van der Waals surface area contributed by atoms with Crippen LogP contribution >= 0.6 is 0 Å². The molecule has 3 heterocycles. The van der Waals surface area contributed by atoms with Crippen molar-refractivity contribution in [1.29, 1.82) is 0 Å². The molecular weight excluding hydrogens is 458 g/mol. The molecule has 2 fully saturated rings. The molecule has 0 bridgehead atoms. The lowest BCUT2D eigenvalue weighted by atomic mass is 9.81. The Bertz CT molecular complexity index is 1300. The van der Waals surface area contributed by atoms with Crippen molar-refractivity contribution in [3.63, 3.8) is 0 Å². The zero-order chi connectivity index (χ0) is 25.5. The molecule has 1 unspecified atom stereocenters. The molecule has 0 radical (unpaired) electrons. The average molecular weight is 500 g/mol. The number of fused-ring (bicyclic) bond motifs is 5. The molecule has 5 heteroatoms. The van der Waals surface area contributed by atoms with Gasteiger partial charge in [0.05, 0.1) is 11.3 Å². The smallest absolute Gasteiger partial charge is 0.335 e. The van der Waals surface area contributed by atoms with E-state index in [0.29, 0.717) is 11.5 Å². The summed E-state index contributed by atoms with van der Waals surface area (Å²) in [4.78, 5) is 17.2. The molecule has 1 saturated heterocycles. The highest BCUT2D eigenvalue weighted by Crippen LogP contribution is 2.47. The first-order valence-corrected chi connectivity index (χ1v) is 14.5. The van der Waals surface area contributed by atoms with Crippen molar-refractivity contribution < 1.29 is 9.90 Å². The van der Waals surface area contributed by atoms with E-state index in [1.54, 1.807) is 6.07 Å². The zero-order valence-electron chi connectivity index (χ0n) is 22.5. The van der Waals surface area contributed by atoms with E-state index in [-0.39, 0.29) is 0 Å². The van der Waals surface area contributed by atoms with E-state index in [4.69, 9.17) is 0 Å². The van der Waals surface area contributed by atoms with E-state index >= 15 is 0 Å². The number of likely N-dealkylation sites (tertiary alicyclic amines) is 1. The van der Waals surface area contributed by atoms with E-state index in [0.717, 1.165) is 37.6 Å². The van der Waals surface area contributed by atoms with Crippen molar-refractivity contribution in [3.8, 4) is 11.3 Å². The summed E-state index contributed by atoms with van der Waals surface area (Å²) in [6, 6.07) is 12.8. The number of rotatable bonds is 5. The summed E-state index contributed by atoms with van der Waals surface area (Å²) in [5, 5.41) is 11.0. The van der Waals surface area contributed by atoms with E-state index in [1.165, 1.54) is 91.5 Å². The normalized spacial score (nSPS) is 21.0. The molecule has 196 valence electrons. The van der Waals surface area contributed by atoms with Crippen LogP contribution in [-0.4, -0.2) is 53.3 Å². The molecule has 1 N–H and O–H groups in total. The van der Waals surface area contributed by atoms with Crippen LogP contribution in [0.2, 0.25) is 0 Å². The van der Waals surface area contributed by atoms with Crippen LogP contribution in [0.5, 0.6) is 0 Å². The van der Waals surface area contributed by atoms with Crippen LogP contribution in [0.4, 0.5) is 5.69 Å². The van der Waals surface area contributed by atoms with Crippen LogP contribution in [-0.2, 0) is 6.54 Å². The summed E-state index contributed by atoms with van der Waals surface area (Å²) in [7, 11) is 0. The first kappa shape index (κ1) is 24.5. The third-order valence-electron chi connectivity index (χ3n) is 9.13. The second-order valence-electron chi connectivity index (χ2n) is 11.8. The van der Waals surface area contributed by atoms with Crippen LogP contribution in [0.15, 0.2) is 36.4 Å². The third-order valence-corrected chi connectivity index (χ3v) is 9.13. The van der Waals surface area contributed by atoms with Gasteiger partial charge in [-0.25, -0.2) is 4.79 Å². The second kappa shape index (κ2) is 10.2. The number of benzene rings is 2. The monoisotopic (exact) mass is 499 g/mol. The fraction of sp³-hybridized carbons (Fsp3) is 0.531. The molecule has 1 saturated carbocycles. The first-order valence-electron chi connectivity index (χ1n) is 14.5.